The minimum Gasteiger partial charge on any atom is -0.342 e. The molecule has 2 saturated heterocycles. The maximum absolute atomic E-state index is 13.2. The van der Waals surface area contributed by atoms with Gasteiger partial charge in [0.15, 0.2) is 5.16 Å². The van der Waals surface area contributed by atoms with Gasteiger partial charge in [0.2, 0.25) is 11.9 Å². The molecule has 1 saturated carbocycles. The second-order valence-corrected chi connectivity index (χ2v) is 11.6. The van der Waals surface area contributed by atoms with Gasteiger partial charge in [0.1, 0.15) is 0 Å². The number of nitrogens with zero attached hydrogens (tertiary/aromatic N) is 5. The predicted molar refractivity (Wildman–Crippen MR) is 134 cm³/mol. The average molecular weight is 468 g/mol. The van der Waals surface area contributed by atoms with E-state index in [4.69, 9.17) is 0 Å². The van der Waals surface area contributed by atoms with Crippen LogP contribution in [0.15, 0.2) is 35.5 Å². The van der Waals surface area contributed by atoms with Crippen LogP contribution in [-0.4, -0.2) is 57.0 Å². The lowest BCUT2D eigenvalue weighted by Crippen LogP contribution is -2.42. The van der Waals surface area contributed by atoms with Crippen molar-refractivity contribution in [1.82, 2.24) is 19.7 Å². The van der Waals surface area contributed by atoms with Crippen LogP contribution in [0.4, 0.5) is 5.95 Å². The molecule has 0 spiro atoms. The number of hydrogen-bond donors (Lipinski definition) is 0. The summed E-state index contributed by atoms with van der Waals surface area (Å²) in [5.41, 5.74) is 1.41. The van der Waals surface area contributed by atoms with E-state index in [1.807, 2.05) is 6.92 Å². The fraction of sp³-hybridized carbons (Fsp3) is 0.654. The molecule has 1 aliphatic carbocycles. The summed E-state index contributed by atoms with van der Waals surface area (Å²) in [5, 5.41) is 9.94. The third kappa shape index (κ3) is 5.39. The van der Waals surface area contributed by atoms with Crippen LogP contribution in [0.2, 0.25) is 0 Å². The van der Waals surface area contributed by atoms with Crippen molar-refractivity contribution < 1.29 is 4.79 Å². The lowest BCUT2D eigenvalue weighted by atomic mass is 9.90. The number of benzene rings is 1. The molecule has 6 nitrogen and oxygen atoms in total. The number of anilines is 1. The Balaban J connectivity index is 1.18. The Kier molecular flexibility index (Phi) is 6.95. The minimum atomic E-state index is -0.133. The summed E-state index contributed by atoms with van der Waals surface area (Å²) < 4.78 is 2.33. The van der Waals surface area contributed by atoms with Crippen molar-refractivity contribution >= 4 is 23.6 Å². The van der Waals surface area contributed by atoms with Gasteiger partial charge in [0.05, 0.1) is 5.25 Å². The number of aromatic nitrogens is 3. The summed E-state index contributed by atoms with van der Waals surface area (Å²) >= 11 is 1.60. The van der Waals surface area contributed by atoms with Crippen molar-refractivity contribution in [2.24, 2.45) is 11.8 Å². The highest BCUT2D eigenvalue weighted by Gasteiger charge is 2.34. The first kappa shape index (κ1) is 22.8. The van der Waals surface area contributed by atoms with E-state index in [-0.39, 0.29) is 11.2 Å². The van der Waals surface area contributed by atoms with Gasteiger partial charge in [0, 0.05) is 32.2 Å². The van der Waals surface area contributed by atoms with Crippen LogP contribution in [0.1, 0.15) is 64.0 Å². The number of carbonyl (C=O) groups excluding carboxylic acids is 1. The topological polar surface area (TPSA) is 54.3 Å². The van der Waals surface area contributed by atoms with Crippen LogP contribution in [0.25, 0.3) is 0 Å². The zero-order valence-corrected chi connectivity index (χ0v) is 20.8. The number of carbonyl (C=O) groups is 1. The predicted octanol–water partition coefficient (Wildman–Crippen LogP) is 4.81. The van der Waals surface area contributed by atoms with Crippen molar-refractivity contribution in [2.45, 2.75) is 75.2 Å². The summed E-state index contributed by atoms with van der Waals surface area (Å²) in [6.07, 6.45) is 8.13. The van der Waals surface area contributed by atoms with E-state index >= 15 is 0 Å². The van der Waals surface area contributed by atoms with Gasteiger partial charge in [0.25, 0.3) is 0 Å². The van der Waals surface area contributed by atoms with Crippen LogP contribution in [0.5, 0.6) is 0 Å². The third-order valence-electron chi connectivity index (χ3n) is 7.55. The maximum atomic E-state index is 13.2. The number of piperidine rings is 2. The summed E-state index contributed by atoms with van der Waals surface area (Å²) in [6.45, 7) is 8.23. The van der Waals surface area contributed by atoms with E-state index in [0.717, 1.165) is 62.5 Å². The molecule has 2 aromatic rings. The highest BCUT2D eigenvalue weighted by molar-refractivity contribution is 8.00. The molecule has 3 heterocycles. The highest BCUT2D eigenvalue weighted by Crippen LogP contribution is 2.42. The number of hydrogen-bond acceptors (Lipinski definition) is 5. The van der Waals surface area contributed by atoms with Gasteiger partial charge in [-0.3, -0.25) is 9.36 Å². The van der Waals surface area contributed by atoms with Crippen LogP contribution in [0.3, 0.4) is 0 Å². The molecule has 0 N–H and O–H groups in total. The van der Waals surface area contributed by atoms with Crippen molar-refractivity contribution in [3.05, 3.63) is 35.9 Å². The van der Waals surface area contributed by atoms with Crippen LogP contribution < -0.4 is 4.90 Å². The van der Waals surface area contributed by atoms with Gasteiger partial charge in [-0.25, -0.2) is 0 Å². The van der Waals surface area contributed by atoms with Crippen molar-refractivity contribution in [2.75, 3.05) is 31.1 Å². The summed E-state index contributed by atoms with van der Waals surface area (Å²) in [7, 11) is 0. The standard InChI is InChI=1S/C26H37N5OS/c1-19-10-14-30(15-11-19)25-27-28-26(31(25)23-8-9-23)33-20(2)24(32)29-16-12-22(13-17-29)18-21-6-4-3-5-7-21/h3-7,19-20,22-23H,8-18H2,1-2H3. The monoisotopic (exact) mass is 467 g/mol. The zero-order valence-electron chi connectivity index (χ0n) is 20.0. The van der Waals surface area contributed by atoms with E-state index in [1.165, 1.54) is 31.2 Å². The highest BCUT2D eigenvalue weighted by atomic mass is 32.2. The summed E-state index contributed by atoms with van der Waals surface area (Å²) in [6, 6.07) is 11.2. The van der Waals surface area contributed by atoms with E-state index < -0.39 is 0 Å². The summed E-state index contributed by atoms with van der Waals surface area (Å²) in [5.74, 6) is 2.74. The molecule has 0 bridgehead atoms. The molecule has 3 aliphatic rings. The molecule has 5 rings (SSSR count). The molecule has 33 heavy (non-hydrogen) atoms. The normalized spacial score (nSPS) is 21.4. The molecule has 1 unspecified atom stereocenters. The van der Waals surface area contributed by atoms with Crippen molar-refractivity contribution in [3.8, 4) is 0 Å². The Bertz CT molecular complexity index is 927. The van der Waals surface area contributed by atoms with Gasteiger partial charge in [-0.1, -0.05) is 49.0 Å². The van der Waals surface area contributed by atoms with Gasteiger partial charge in [-0.15, -0.1) is 10.2 Å². The Hall–Kier alpha value is -2.02. The molecule has 3 fully saturated rings. The molecule has 1 aromatic heterocycles. The lowest BCUT2D eigenvalue weighted by molar-refractivity contribution is -0.131. The van der Waals surface area contributed by atoms with Crippen molar-refractivity contribution in [1.29, 1.82) is 0 Å². The lowest BCUT2D eigenvalue weighted by Gasteiger charge is -2.33. The van der Waals surface area contributed by atoms with Gasteiger partial charge in [-0.2, -0.15) is 0 Å². The first-order valence-electron chi connectivity index (χ1n) is 12.8. The summed E-state index contributed by atoms with van der Waals surface area (Å²) in [4.78, 5) is 17.7. The molecule has 2 aliphatic heterocycles. The Morgan fingerprint density at radius 2 is 1.70 bits per heavy atom. The van der Waals surface area contributed by atoms with Crippen LogP contribution >= 0.6 is 11.8 Å². The van der Waals surface area contributed by atoms with E-state index in [1.54, 1.807) is 11.8 Å². The van der Waals surface area contributed by atoms with E-state index in [2.05, 4.69) is 61.8 Å². The van der Waals surface area contributed by atoms with Gasteiger partial charge >= 0.3 is 0 Å². The van der Waals surface area contributed by atoms with Gasteiger partial charge < -0.3 is 9.80 Å². The molecule has 1 aromatic carbocycles. The fourth-order valence-electron chi connectivity index (χ4n) is 5.20. The van der Waals surface area contributed by atoms with Gasteiger partial charge in [-0.05, 0) is 69.3 Å². The number of thioether (sulfide) groups is 1. The van der Waals surface area contributed by atoms with E-state index in [0.29, 0.717) is 12.0 Å². The fourth-order valence-corrected chi connectivity index (χ4v) is 6.20. The molecule has 1 atom stereocenters. The number of rotatable bonds is 7. The molecule has 178 valence electrons. The number of amides is 1. The quantitative estimate of drug-likeness (QED) is 0.547. The SMILES string of the molecule is CC1CCN(c2nnc(SC(C)C(=O)N3CCC(Cc4ccccc4)CC3)n2C2CC2)CC1. The second-order valence-electron chi connectivity index (χ2n) is 10.3. The zero-order chi connectivity index (χ0) is 22.8. The first-order valence-corrected chi connectivity index (χ1v) is 13.7. The molecule has 1 amide bonds. The van der Waals surface area contributed by atoms with E-state index in [9.17, 15) is 4.79 Å². The Morgan fingerprint density at radius 1 is 1.00 bits per heavy atom. The molecular weight excluding hydrogens is 430 g/mol. The molecule has 7 heteroatoms. The molecule has 0 radical (unpaired) electrons. The third-order valence-corrected chi connectivity index (χ3v) is 8.59. The maximum Gasteiger partial charge on any atom is 0.235 e. The minimum absolute atomic E-state index is 0.133. The smallest absolute Gasteiger partial charge is 0.235 e. The van der Waals surface area contributed by atoms with Crippen LogP contribution in [0, 0.1) is 11.8 Å². The Morgan fingerprint density at radius 3 is 2.36 bits per heavy atom. The van der Waals surface area contributed by atoms with Crippen LogP contribution in [-0.2, 0) is 11.2 Å². The Labute approximate surface area is 202 Å². The van der Waals surface area contributed by atoms with Crippen molar-refractivity contribution in [3.63, 3.8) is 0 Å². The second kappa shape index (κ2) is 10.1. The molecular formula is C26H37N5OS. The first-order chi connectivity index (χ1) is 16.1. The number of likely N-dealkylation sites (tertiary alicyclic amines) is 1. The largest absolute Gasteiger partial charge is 0.342 e. The average Bonchev–Trinajstić information content (AvgIpc) is 3.60.